The van der Waals surface area contributed by atoms with Gasteiger partial charge in [0.05, 0.1) is 0 Å². The van der Waals surface area contributed by atoms with E-state index in [4.69, 9.17) is 5.14 Å². The molecule has 1 aromatic rings. The smallest absolute Gasteiger partial charge is 0.231 e. The molecule has 0 aliphatic carbocycles. The number of primary sulfonamides is 1. The molecule has 0 saturated carbocycles. The molecule has 1 aromatic heterocycles. The summed E-state index contributed by atoms with van der Waals surface area (Å²) in [6, 6.07) is 3.36. The van der Waals surface area contributed by atoms with Crippen molar-refractivity contribution in [2.75, 3.05) is 0 Å². The second-order valence-corrected chi connectivity index (χ2v) is 3.62. The summed E-state index contributed by atoms with van der Waals surface area (Å²) in [6.45, 7) is 0. The minimum Gasteiger partial charge on any atom is -0.265 e. The number of hydrogen-bond donors (Lipinski definition) is 1. The highest BCUT2D eigenvalue weighted by Gasteiger charge is 1.92. The van der Waals surface area contributed by atoms with Gasteiger partial charge in [0.25, 0.3) is 0 Å². The van der Waals surface area contributed by atoms with Gasteiger partial charge >= 0.3 is 0 Å². The number of sulfonamides is 1. The van der Waals surface area contributed by atoms with E-state index in [2.05, 4.69) is 4.98 Å². The van der Waals surface area contributed by atoms with Crippen LogP contribution < -0.4 is 5.14 Å². The number of hydrogen-bond acceptors (Lipinski definition) is 3. The first-order valence-corrected chi connectivity index (χ1v) is 4.80. The maximum absolute atomic E-state index is 10.5. The highest BCUT2D eigenvalue weighted by molar-refractivity contribution is 7.92. The zero-order valence-corrected chi connectivity index (χ0v) is 7.03. The van der Waals surface area contributed by atoms with Crippen LogP contribution in [-0.4, -0.2) is 13.4 Å². The van der Waals surface area contributed by atoms with Gasteiger partial charge in [-0.2, -0.15) is 0 Å². The Labute approximate surface area is 70.8 Å². The predicted molar refractivity (Wildman–Crippen MR) is 46.4 cm³/mol. The van der Waals surface area contributed by atoms with Gasteiger partial charge in [-0.05, 0) is 23.8 Å². The zero-order chi connectivity index (χ0) is 9.03. The topological polar surface area (TPSA) is 73.1 Å². The van der Waals surface area contributed by atoms with E-state index in [1.165, 1.54) is 6.08 Å². The fourth-order valence-electron chi connectivity index (χ4n) is 0.648. The van der Waals surface area contributed by atoms with Gasteiger partial charge in [-0.25, -0.2) is 13.6 Å². The second-order valence-electron chi connectivity index (χ2n) is 2.17. The van der Waals surface area contributed by atoms with Crippen LogP contribution in [0.4, 0.5) is 0 Å². The normalized spacial score (nSPS) is 12.1. The summed E-state index contributed by atoms with van der Waals surface area (Å²) in [5.74, 6) is 0. The molecule has 5 heteroatoms. The number of nitrogens with two attached hydrogens (primary N) is 1. The van der Waals surface area contributed by atoms with E-state index in [1.54, 1.807) is 24.5 Å². The van der Waals surface area contributed by atoms with Crippen molar-refractivity contribution in [3.63, 3.8) is 0 Å². The average molecular weight is 184 g/mol. The van der Waals surface area contributed by atoms with Crippen LogP contribution >= 0.6 is 0 Å². The minimum atomic E-state index is -3.52. The van der Waals surface area contributed by atoms with Crippen molar-refractivity contribution in [1.82, 2.24) is 4.98 Å². The first-order chi connectivity index (χ1) is 5.58. The monoisotopic (exact) mass is 184 g/mol. The number of pyridine rings is 1. The fourth-order valence-corrected chi connectivity index (χ4v) is 0.995. The van der Waals surface area contributed by atoms with Crippen LogP contribution in [0.15, 0.2) is 29.9 Å². The van der Waals surface area contributed by atoms with Gasteiger partial charge in [0, 0.05) is 17.8 Å². The molecule has 64 valence electrons. The molecule has 0 bridgehead atoms. The summed E-state index contributed by atoms with van der Waals surface area (Å²) in [7, 11) is -3.52. The first kappa shape index (κ1) is 8.89. The van der Waals surface area contributed by atoms with Crippen molar-refractivity contribution in [3.05, 3.63) is 35.5 Å². The molecule has 0 saturated heterocycles. The Morgan fingerprint density at radius 2 is 1.92 bits per heavy atom. The molecule has 0 fully saturated rings. The quantitative estimate of drug-likeness (QED) is 0.720. The lowest BCUT2D eigenvalue weighted by Gasteiger charge is -1.89. The maximum atomic E-state index is 10.5. The molecule has 1 rings (SSSR count). The van der Waals surface area contributed by atoms with Crippen LogP contribution in [0.2, 0.25) is 0 Å². The first-order valence-electron chi connectivity index (χ1n) is 3.19. The van der Waals surface area contributed by atoms with E-state index in [1.807, 2.05) is 0 Å². The summed E-state index contributed by atoms with van der Waals surface area (Å²) in [6.07, 6.45) is 4.56. The summed E-state index contributed by atoms with van der Waals surface area (Å²) in [5, 5.41) is 5.70. The van der Waals surface area contributed by atoms with Crippen LogP contribution in [0.5, 0.6) is 0 Å². The molecular formula is C7H8N2O2S. The predicted octanol–water partition coefficient (Wildman–Crippen LogP) is 0.341. The van der Waals surface area contributed by atoms with E-state index >= 15 is 0 Å². The van der Waals surface area contributed by atoms with Gasteiger partial charge in [-0.3, -0.25) is 4.98 Å². The van der Waals surface area contributed by atoms with Crippen molar-refractivity contribution in [1.29, 1.82) is 0 Å². The number of nitrogens with zero attached hydrogens (tertiary/aromatic N) is 1. The Bertz CT molecular complexity index is 370. The van der Waals surface area contributed by atoms with E-state index in [0.717, 1.165) is 11.0 Å². The van der Waals surface area contributed by atoms with Gasteiger partial charge in [0.1, 0.15) is 0 Å². The molecule has 0 aliphatic rings. The molecule has 0 aliphatic heterocycles. The van der Waals surface area contributed by atoms with Crippen LogP contribution in [0.3, 0.4) is 0 Å². The van der Waals surface area contributed by atoms with Gasteiger partial charge in [-0.15, -0.1) is 0 Å². The molecule has 0 unspecified atom stereocenters. The highest BCUT2D eigenvalue weighted by Crippen LogP contribution is 1.99. The third kappa shape index (κ3) is 3.27. The molecule has 0 atom stereocenters. The molecule has 2 N–H and O–H groups in total. The lowest BCUT2D eigenvalue weighted by molar-refractivity contribution is 0.606. The lowest BCUT2D eigenvalue weighted by Crippen LogP contribution is -2.06. The minimum absolute atomic E-state index is 0.749. The molecule has 0 amide bonds. The van der Waals surface area contributed by atoms with Crippen molar-refractivity contribution in [3.8, 4) is 0 Å². The van der Waals surface area contributed by atoms with Crippen LogP contribution in [0.25, 0.3) is 6.08 Å². The van der Waals surface area contributed by atoms with Gasteiger partial charge in [0.2, 0.25) is 10.0 Å². The molecule has 4 nitrogen and oxygen atoms in total. The highest BCUT2D eigenvalue weighted by atomic mass is 32.2. The van der Waals surface area contributed by atoms with Crippen molar-refractivity contribution < 1.29 is 8.42 Å². The van der Waals surface area contributed by atoms with E-state index < -0.39 is 10.0 Å². The van der Waals surface area contributed by atoms with Gasteiger partial charge in [0.15, 0.2) is 0 Å². The molecule has 0 radical (unpaired) electrons. The Morgan fingerprint density at radius 1 is 1.33 bits per heavy atom. The Hall–Kier alpha value is -1.20. The number of aromatic nitrogens is 1. The third-order valence-corrected chi connectivity index (χ3v) is 1.67. The average Bonchev–Trinajstić information content (AvgIpc) is 2.02. The summed E-state index contributed by atoms with van der Waals surface area (Å²) in [5.41, 5.74) is 0.749. The molecule has 12 heavy (non-hydrogen) atoms. The fraction of sp³-hybridized carbons (Fsp3) is 0. The third-order valence-electron chi connectivity index (χ3n) is 1.16. The van der Waals surface area contributed by atoms with Gasteiger partial charge < -0.3 is 0 Å². The Morgan fingerprint density at radius 3 is 2.42 bits per heavy atom. The second kappa shape index (κ2) is 3.46. The SMILES string of the molecule is NS(=O)(=O)C=Cc1ccncc1. The standard InChI is InChI=1S/C7H8N2O2S/c8-12(10,11)6-3-7-1-4-9-5-2-7/h1-6H,(H2,8,10,11). The van der Waals surface area contributed by atoms with Crippen LogP contribution in [-0.2, 0) is 10.0 Å². The van der Waals surface area contributed by atoms with Crippen LogP contribution in [0.1, 0.15) is 5.56 Å². The van der Waals surface area contributed by atoms with E-state index in [9.17, 15) is 8.42 Å². The van der Waals surface area contributed by atoms with E-state index in [-0.39, 0.29) is 0 Å². The number of rotatable bonds is 2. The maximum Gasteiger partial charge on any atom is 0.231 e. The Balaban J connectivity index is 2.85. The van der Waals surface area contributed by atoms with Crippen LogP contribution in [0, 0.1) is 0 Å². The van der Waals surface area contributed by atoms with E-state index in [0.29, 0.717) is 0 Å². The lowest BCUT2D eigenvalue weighted by atomic mass is 10.3. The van der Waals surface area contributed by atoms with Crippen molar-refractivity contribution >= 4 is 16.1 Å². The van der Waals surface area contributed by atoms with Crippen molar-refractivity contribution in [2.24, 2.45) is 5.14 Å². The molecule has 0 spiro atoms. The molecular weight excluding hydrogens is 176 g/mol. The molecule has 1 heterocycles. The van der Waals surface area contributed by atoms with Gasteiger partial charge in [-0.1, -0.05) is 0 Å². The van der Waals surface area contributed by atoms with Crippen molar-refractivity contribution in [2.45, 2.75) is 0 Å². The summed E-state index contributed by atoms with van der Waals surface area (Å²) < 4.78 is 21.0. The summed E-state index contributed by atoms with van der Waals surface area (Å²) >= 11 is 0. The zero-order valence-electron chi connectivity index (χ0n) is 6.21. The largest absolute Gasteiger partial charge is 0.265 e. The summed E-state index contributed by atoms with van der Waals surface area (Å²) in [4.78, 5) is 3.78. The Kier molecular flexibility index (Phi) is 2.57. The molecule has 0 aromatic carbocycles.